The number of aryl methyl sites for hydroxylation is 1. The molecular formula is C41H56N4O3. The van der Waals surface area contributed by atoms with E-state index in [1.807, 2.05) is 10.9 Å². The maximum Gasteiger partial charge on any atom is 0.230 e. The lowest BCUT2D eigenvalue weighted by Crippen LogP contribution is -2.45. The number of ether oxygens (including phenoxy) is 1. The van der Waals surface area contributed by atoms with Crippen LogP contribution in [0, 0.1) is 24.7 Å². The predicted molar refractivity (Wildman–Crippen MR) is 193 cm³/mol. The van der Waals surface area contributed by atoms with Crippen molar-refractivity contribution in [3.63, 3.8) is 0 Å². The van der Waals surface area contributed by atoms with Crippen molar-refractivity contribution in [1.29, 1.82) is 0 Å². The minimum atomic E-state index is -0.0150. The van der Waals surface area contributed by atoms with Crippen LogP contribution < -0.4 is 15.0 Å². The molecular weight excluding hydrogens is 596 g/mol. The molecule has 3 aliphatic carbocycles. The molecule has 3 saturated carbocycles. The summed E-state index contributed by atoms with van der Waals surface area (Å²) in [7, 11) is 1.73. The first kappa shape index (κ1) is 34.3. The monoisotopic (exact) mass is 652 g/mol. The number of aromatic nitrogens is 2. The molecule has 3 aromatic rings. The van der Waals surface area contributed by atoms with E-state index >= 15 is 0 Å². The summed E-state index contributed by atoms with van der Waals surface area (Å²) in [5, 5.41) is 7.93. The van der Waals surface area contributed by atoms with Crippen molar-refractivity contribution in [2.24, 2.45) is 17.8 Å². The van der Waals surface area contributed by atoms with Gasteiger partial charge in [-0.05, 0) is 132 Å². The zero-order chi connectivity index (χ0) is 33.6. The fraction of sp³-hybridized carbons (Fsp3) is 0.585. The van der Waals surface area contributed by atoms with E-state index in [0.29, 0.717) is 17.9 Å². The van der Waals surface area contributed by atoms with Crippen LogP contribution in [0.15, 0.2) is 54.9 Å². The van der Waals surface area contributed by atoms with Gasteiger partial charge in [0.05, 0.1) is 13.3 Å². The number of rotatable bonds is 10. The third kappa shape index (κ3) is 8.15. The summed E-state index contributed by atoms with van der Waals surface area (Å²) < 4.78 is 7.48. The van der Waals surface area contributed by atoms with Gasteiger partial charge in [0.1, 0.15) is 5.75 Å². The molecule has 2 aromatic carbocycles. The van der Waals surface area contributed by atoms with Gasteiger partial charge in [-0.15, -0.1) is 0 Å². The third-order valence-corrected chi connectivity index (χ3v) is 11.5. The summed E-state index contributed by atoms with van der Waals surface area (Å²) >= 11 is 0. The summed E-state index contributed by atoms with van der Waals surface area (Å²) in [6.07, 6.45) is 17.6. The third-order valence-electron chi connectivity index (χ3n) is 11.5. The average molecular weight is 653 g/mol. The number of methoxy groups -OCH3 is 1. The van der Waals surface area contributed by atoms with Crippen LogP contribution in [0.2, 0.25) is 0 Å². The summed E-state index contributed by atoms with van der Waals surface area (Å²) in [5.41, 5.74) is 5.74. The van der Waals surface area contributed by atoms with E-state index in [1.54, 1.807) is 7.11 Å². The van der Waals surface area contributed by atoms with Crippen LogP contribution in [0.5, 0.6) is 5.75 Å². The van der Waals surface area contributed by atoms with Gasteiger partial charge in [-0.25, -0.2) is 0 Å². The molecule has 0 radical (unpaired) electrons. The molecule has 0 saturated heterocycles. The lowest BCUT2D eigenvalue weighted by Gasteiger charge is -2.36. The normalized spacial score (nSPS) is 23.5. The lowest BCUT2D eigenvalue weighted by molar-refractivity contribution is -0.127. The zero-order valence-corrected chi connectivity index (χ0v) is 29.6. The van der Waals surface area contributed by atoms with Gasteiger partial charge in [0, 0.05) is 47.9 Å². The first-order valence-electron chi connectivity index (χ1n) is 18.7. The molecule has 258 valence electrons. The molecule has 48 heavy (non-hydrogen) atoms. The van der Waals surface area contributed by atoms with Crippen molar-refractivity contribution in [3.8, 4) is 16.9 Å². The van der Waals surface area contributed by atoms with Crippen LogP contribution in [-0.4, -0.2) is 41.3 Å². The number of nitrogens with zero attached hydrogens (tertiary/aromatic N) is 3. The number of nitrogens with one attached hydrogen (secondary N) is 1. The maximum atomic E-state index is 14.5. The van der Waals surface area contributed by atoms with Crippen molar-refractivity contribution in [2.75, 3.05) is 18.6 Å². The molecule has 7 nitrogen and oxygen atoms in total. The van der Waals surface area contributed by atoms with E-state index in [1.165, 1.54) is 30.4 Å². The van der Waals surface area contributed by atoms with Gasteiger partial charge in [0.25, 0.3) is 0 Å². The highest BCUT2D eigenvalue weighted by Crippen LogP contribution is 2.39. The number of carbonyl (C=O) groups excluding carboxylic acids is 2. The molecule has 7 heteroatoms. The van der Waals surface area contributed by atoms with Gasteiger partial charge in [0.2, 0.25) is 11.8 Å². The standard InChI is InChI=1S/C41H56N4O3/c1-28(2)45-27-36(25-42-45)34-11-8-12-38(24-34)44(26-30-13-15-31(16-14-30)35-19-22-39(48-4)29(3)23-35)41(47)33-17-20-37(21-18-33)43-40(46)32-9-6-5-7-10-32/h8,11-12,19,22-25,27-28,30-33,37H,5-7,9-10,13-18,20-21,26H2,1-4H3,(H,43,46)/t30-,31-,33-,37-. The van der Waals surface area contributed by atoms with Crippen molar-refractivity contribution in [3.05, 3.63) is 66.0 Å². The number of amides is 2. The van der Waals surface area contributed by atoms with Crippen molar-refractivity contribution in [1.82, 2.24) is 15.1 Å². The van der Waals surface area contributed by atoms with Gasteiger partial charge in [-0.1, -0.05) is 43.5 Å². The van der Waals surface area contributed by atoms with Crippen LogP contribution in [0.3, 0.4) is 0 Å². The highest BCUT2D eigenvalue weighted by atomic mass is 16.5. The minimum absolute atomic E-state index is 0.0150. The SMILES string of the molecule is COc1ccc([C@H]2CC[C@H](CN(c3cccc(-c4cnn(C(C)C)c4)c3)C(=O)[C@H]3CC[C@H](NC(=O)C4CCCCC4)CC3)CC2)cc1C. The molecule has 3 aliphatic rings. The largest absolute Gasteiger partial charge is 0.496 e. The smallest absolute Gasteiger partial charge is 0.230 e. The number of carbonyl (C=O) groups is 2. The van der Waals surface area contributed by atoms with Gasteiger partial charge in [-0.2, -0.15) is 5.10 Å². The van der Waals surface area contributed by atoms with Crippen molar-refractivity contribution >= 4 is 17.5 Å². The summed E-state index contributed by atoms with van der Waals surface area (Å²) in [6, 6.07) is 15.6. The van der Waals surface area contributed by atoms with Crippen LogP contribution in [-0.2, 0) is 9.59 Å². The Morgan fingerprint density at radius 1 is 0.896 bits per heavy atom. The van der Waals surface area contributed by atoms with Gasteiger partial charge in [-0.3, -0.25) is 14.3 Å². The Bertz CT molecular complexity index is 1520. The second kappa shape index (κ2) is 15.7. The Balaban J connectivity index is 1.15. The Kier molecular flexibility index (Phi) is 11.2. The van der Waals surface area contributed by atoms with Crippen molar-refractivity contribution < 1.29 is 14.3 Å². The first-order chi connectivity index (χ1) is 23.3. The highest BCUT2D eigenvalue weighted by molar-refractivity contribution is 5.95. The minimum Gasteiger partial charge on any atom is -0.496 e. The van der Waals surface area contributed by atoms with E-state index in [-0.39, 0.29) is 29.7 Å². The molecule has 0 bridgehead atoms. The predicted octanol–water partition coefficient (Wildman–Crippen LogP) is 9.01. The maximum absolute atomic E-state index is 14.5. The van der Waals surface area contributed by atoms with Crippen LogP contribution in [0.1, 0.15) is 120 Å². The van der Waals surface area contributed by atoms with Crippen LogP contribution >= 0.6 is 0 Å². The molecule has 2 amide bonds. The molecule has 0 spiro atoms. The molecule has 1 N–H and O–H groups in total. The van der Waals surface area contributed by atoms with E-state index in [4.69, 9.17) is 4.74 Å². The lowest BCUT2D eigenvalue weighted by atomic mass is 9.78. The Labute approximate surface area is 287 Å². The molecule has 6 rings (SSSR count). The number of benzene rings is 2. The van der Waals surface area contributed by atoms with E-state index in [2.05, 4.69) is 84.7 Å². The van der Waals surface area contributed by atoms with Crippen molar-refractivity contribution in [2.45, 2.75) is 122 Å². The van der Waals surface area contributed by atoms with Gasteiger partial charge in [0.15, 0.2) is 0 Å². The molecule has 0 aliphatic heterocycles. The quantitative estimate of drug-likeness (QED) is 0.237. The molecule has 1 heterocycles. The van der Waals surface area contributed by atoms with E-state index in [0.717, 1.165) is 93.3 Å². The highest BCUT2D eigenvalue weighted by Gasteiger charge is 2.34. The van der Waals surface area contributed by atoms with Crippen LogP contribution in [0.4, 0.5) is 5.69 Å². The second-order valence-corrected chi connectivity index (χ2v) is 15.1. The number of hydrogen-bond acceptors (Lipinski definition) is 4. The molecule has 0 atom stereocenters. The number of hydrogen-bond donors (Lipinski definition) is 1. The fourth-order valence-electron chi connectivity index (χ4n) is 8.43. The Hall–Kier alpha value is -3.61. The second-order valence-electron chi connectivity index (χ2n) is 15.1. The Morgan fingerprint density at radius 2 is 1.65 bits per heavy atom. The fourth-order valence-corrected chi connectivity index (χ4v) is 8.43. The summed E-state index contributed by atoms with van der Waals surface area (Å²) in [4.78, 5) is 29.5. The van der Waals surface area contributed by atoms with Gasteiger partial charge < -0.3 is 15.0 Å². The molecule has 1 aromatic heterocycles. The van der Waals surface area contributed by atoms with E-state index < -0.39 is 0 Å². The van der Waals surface area contributed by atoms with Crippen LogP contribution in [0.25, 0.3) is 11.1 Å². The first-order valence-corrected chi connectivity index (χ1v) is 18.7. The summed E-state index contributed by atoms with van der Waals surface area (Å²) in [6.45, 7) is 7.14. The Morgan fingerprint density at radius 3 is 2.31 bits per heavy atom. The van der Waals surface area contributed by atoms with E-state index in [9.17, 15) is 9.59 Å². The molecule has 3 fully saturated rings. The summed E-state index contributed by atoms with van der Waals surface area (Å²) in [5.74, 6) is 2.61. The topological polar surface area (TPSA) is 76.5 Å². The number of anilines is 1. The molecule has 0 unspecified atom stereocenters. The van der Waals surface area contributed by atoms with Gasteiger partial charge >= 0.3 is 0 Å². The average Bonchev–Trinajstić information content (AvgIpc) is 3.63. The zero-order valence-electron chi connectivity index (χ0n) is 29.6.